The minimum Gasteiger partial charge on any atom is -0.461 e. The number of pyridine rings is 2. The van der Waals surface area contributed by atoms with E-state index in [4.69, 9.17) is 4.74 Å². The number of hydrogen-bond acceptors (Lipinski definition) is 6. The van der Waals surface area contributed by atoms with Gasteiger partial charge < -0.3 is 10.1 Å². The van der Waals surface area contributed by atoms with Gasteiger partial charge in [0.2, 0.25) is 0 Å². The van der Waals surface area contributed by atoms with Crippen molar-refractivity contribution in [2.45, 2.75) is 13.8 Å². The van der Waals surface area contributed by atoms with Gasteiger partial charge in [0, 0.05) is 27.4 Å². The molecule has 3 heterocycles. The van der Waals surface area contributed by atoms with Crippen LogP contribution in [-0.2, 0) is 4.74 Å². The van der Waals surface area contributed by atoms with Gasteiger partial charge >= 0.3 is 12.0 Å². The maximum absolute atomic E-state index is 12.4. The molecule has 26 heavy (non-hydrogen) atoms. The summed E-state index contributed by atoms with van der Waals surface area (Å²) >= 11 is 0. The first-order valence-electron chi connectivity index (χ1n) is 8.15. The second kappa shape index (κ2) is 7.60. The van der Waals surface area contributed by atoms with Crippen LogP contribution in [0.3, 0.4) is 0 Å². The number of nitrogens with one attached hydrogen (secondary N) is 2. The molecule has 9 heteroatoms. The Bertz CT molecular complexity index is 949. The van der Waals surface area contributed by atoms with Crippen LogP contribution >= 0.6 is 0 Å². The summed E-state index contributed by atoms with van der Waals surface area (Å²) in [6, 6.07) is 6.67. The van der Waals surface area contributed by atoms with Crippen LogP contribution < -0.4 is 10.6 Å². The van der Waals surface area contributed by atoms with Crippen LogP contribution in [0.2, 0.25) is 0 Å². The van der Waals surface area contributed by atoms with Gasteiger partial charge in [-0.05, 0) is 37.6 Å². The van der Waals surface area contributed by atoms with Crippen molar-refractivity contribution in [1.82, 2.24) is 24.9 Å². The van der Waals surface area contributed by atoms with Gasteiger partial charge in [-0.3, -0.25) is 10.3 Å². The summed E-state index contributed by atoms with van der Waals surface area (Å²) in [6.07, 6.45) is 3.35. The summed E-state index contributed by atoms with van der Waals surface area (Å²) in [5.74, 6) is -0.442. The van der Waals surface area contributed by atoms with Crippen molar-refractivity contribution in [2.75, 3.05) is 18.5 Å². The van der Waals surface area contributed by atoms with E-state index in [1.165, 1.54) is 4.52 Å². The largest absolute Gasteiger partial charge is 0.461 e. The fourth-order valence-electron chi connectivity index (χ4n) is 2.39. The average molecular weight is 358 g/mol. The molecule has 0 radical (unpaired) electrons. The number of carbonyl (C=O) groups is 2. The van der Waals surface area contributed by atoms with Crippen LogP contribution in [0.1, 0.15) is 27.2 Å². The first-order valence-corrected chi connectivity index (χ1v) is 8.15. The molecule has 0 aliphatic carbocycles. The SMILES string of the molecule is CCNC(=O)Nc1nc2cc(-c3cccnc3)cc(C(=O)OCC)n2n1.[HH].[HH]. The molecular weight excluding hydrogens is 336 g/mol. The number of urea groups is 1. The molecule has 3 aromatic heterocycles. The number of anilines is 1. The smallest absolute Gasteiger partial charge is 0.357 e. The predicted molar refractivity (Wildman–Crippen MR) is 99.1 cm³/mol. The van der Waals surface area contributed by atoms with E-state index in [0.29, 0.717) is 12.2 Å². The molecule has 0 aromatic carbocycles. The topological polar surface area (TPSA) is 111 Å². The minimum atomic E-state index is -0.530. The van der Waals surface area contributed by atoms with Crippen LogP contribution in [0, 0.1) is 0 Å². The molecule has 9 nitrogen and oxygen atoms in total. The molecule has 0 bridgehead atoms. The Morgan fingerprint density at radius 1 is 1.27 bits per heavy atom. The maximum atomic E-state index is 12.4. The highest BCUT2D eigenvalue weighted by Gasteiger charge is 2.18. The number of carbonyl (C=O) groups excluding carboxylic acids is 2. The Balaban J connectivity index is 0.00000196. The van der Waals surface area contributed by atoms with E-state index in [1.807, 2.05) is 6.07 Å². The van der Waals surface area contributed by atoms with Crippen molar-refractivity contribution >= 4 is 23.6 Å². The van der Waals surface area contributed by atoms with Gasteiger partial charge in [-0.25, -0.2) is 14.1 Å². The molecule has 0 atom stereocenters. The molecule has 3 rings (SSSR count). The Hall–Kier alpha value is -3.49. The highest BCUT2D eigenvalue weighted by atomic mass is 16.5. The number of amides is 2. The van der Waals surface area contributed by atoms with Gasteiger partial charge in [-0.2, -0.15) is 4.98 Å². The lowest BCUT2D eigenvalue weighted by molar-refractivity contribution is 0.0516. The van der Waals surface area contributed by atoms with Gasteiger partial charge in [0.1, 0.15) is 0 Å². The normalized spacial score (nSPS) is 10.5. The molecule has 0 saturated carbocycles. The van der Waals surface area contributed by atoms with Gasteiger partial charge in [0.25, 0.3) is 5.95 Å². The maximum Gasteiger partial charge on any atom is 0.357 e. The monoisotopic (exact) mass is 358 g/mol. The Morgan fingerprint density at radius 3 is 2.81 bits per heavy atom. The number of rotatable bonds is 5. The van der Waals surface area contributed by atoms with E-state index in [-0.39, 0.29) is 21.1 Å². The van der Waals surface area contributed by atoms with Gasteiger partial charge in [0.05, 0.1) is 6.61 Å². The second-order valence-electron chi connectivity index (χ2n) is 5.28. The average Bonchev–Trinajstić information content (AvgIpc) is 3.04. The van der Waals surface area contributed by atoms with Crippen LogP contribution in [0.4, 0.5) is 10.7 Å². The lowest BCUT2D eigenvalue weighted by Gasteiger charge is -2.07. The molecule has 0 fully saturated rings. The summed E-state index contributed by atoms with van der Waals surface area (Å²) in [7, 11) is 0. The van der Waals surface area contributed by atoms with Crippen molar-refractivity contribution < 1.29 is 17.2 Å². The van der Waals surface area contributed by atoms with Crippen molar-refractivity contribution in [3.63, 3.8) is 0 Å². The fraction of sp³-hybridized carbons (Fsp3) is 0.235. The zero-order chi connectivity index (χ0) is 18.5. The first-order chi connectivity index (χ1) is 12.6. The molecule has 0 unspecified atom stereocenters. The van der Waals surface area contributed by atoms with Crippen LogP contribution in [-0.4, -0.2) is 44.7 Å². The summed E-state index contributed by atoms with van der Waals surface area (Å²) in [4.78, 5) is 32.4. The second-order valence-corrected chi connectivity index (χ2v) is 5.28. The van der Waals surface area contributed by atoms with E-state index in [9.17, 15) is 9.59 Å². The number of esters is 1. The van der Waals surface area contributed by atoms with E-state index >= 15 is 0 Å². The summed E-state index contributed by atoms with van der Waals surface area (Å²) in [5.41, 5.74) is 2.17. The van der Waals surface area contributed by atoms with Crippen molar-refractivity contribution in [2.24, 2.45) is 0 Å². The predicted octanol–water partition coefficient (Wildman–Crippen LogP) is 2.60. The summed E-state index contributed by atoms with van der Waals surface area (Å²) in [6.45, 7) is 4.23. The highest BCUT2D eigenvalue weighted by Crippen LogP contribution is 2.23. The highest BCUT2D eigenvalue weighted by molar-refractivity contribution is 5.91. The van der Waals surface area contributed by atoms with Gasteiger partial charge in [0.15, 0.2) is 11.3 Å². The van der Waals surface area contributed by atoms with E-state index < -0.39 is 12.0 Å². The summed E-state index contributed by atoms with van der Waals surface area (Å²) < 4.78 is 6.46. The molecule has 0 saturated heterocycles. The Labute approximate surface area is 152 Å². The van der Waals surface area contributed by atoms with Crippen LogP contribution in [0.15, 0.2) is 36.7 Å². The molecule has 0 spiro atoms. The molecule has 3 aromatic rings. The molecular formula is C17H22N6O3. The molecule has 0 aliphatic heterocycles. The van der Waals surface area contributed by atoms with Crippen LogP contribution in [0.5, 0.6) is 0 Å². The molecule has 2 amide bonds. The van der Waals surface area contributed by atoms with Gasteiger partial charge in [-0.1, -0.05) is 6.07 Å². The van der Waals surface area contributed by atoms with Crippen molar-refractivity contribution in [3.8, 4) is 11.1 Å². The van der Waals surface area contributed by atoms with Crippen LogP contribution in [0.25, 0.3) is 16.8 Å². The Kier molecular flexibility index (Phi) is 5.07. The lowest BCUT2D eigenvalue weighted by Crippen LogP contribution is -2.28. The van der Waals surface area contributed by atoms with Gasteiger partial charge in [-0.15, -0.1) is 5.10 Å². The van der Waals surface area contributed by atoms with Crippen molar-refractivity contribution in [1.29, 1.82) is 0 Å². The summed E-state index contributed by atoms with van der Waals surface area (Å²) in [5, 5.41) is 9.32. The van der Waals surface area contributed by atoms with Crippen molar-refractivity contribution in [3.05, 3.63) is 42.4 Å². The van der Waals surface area contributed by atoms with E-state index in [2.05, 4.69) is 25.7 Å². The third-order valence-electron chi connectivity index (χ3n) is 3.48. The number of aromatic nitrogens is 4. The fourth-order valence-corrected chi connectivity index (χ4v) is 2.39. The van der Waals surface area contributed by atoms with E-state index in [0.717, 1.165) is 11.1 Å². The number of hydrogen-bond donors (Lipinski definition) is 2. The first kappa shape index (κ1) is 17.3. The third-order valence-corrected chi connectivity index (χ3v) is 3.48. The lowest BCUT2D eigenvalue weighted by atomic mass is 10.1. The number of fused-ring (bicyclic) bond motifs is 1. The number of nitrogens with zero attached hydrogens (tertiary/aromatic N) is 4. The Morgan fingerprint density at radius 2 is 2.12 bits per heavy atom. The quantitative estimate of drug-likeness (QED) is 0.678. The molecule has 138 valence electrons. The van der Waals surface area contributed by atoms with E-state index in [1.54, 1.807) is 44.4 Å². The standard InChI is InChI=1S/C17H18N6O3.2H2/c1-3-19-17(25)21-16-20-14-9-12(11-6-5-7-18-10-11)8-13(23(14)22-16)15(24)26-4-2;;/h5-10H,3-4H2,1-2H3,(H2,19,21,22,25);2*1H. The minimum absolute atomic E-state index is 0. The number of ether oxygens (including phenoxy) is 1. The molecule has 2 N–H and O–H groups in total. The zero-order valence-electron chi connectivity index (χ0n) is 14.4. The third kappa shape index (κ3) is 3.61. The zero-order valence-corrected chi connectivity index (χ0v) is 14.4. The molecule has 0 aliphatic rings.